The van der Waals surface area contributed by atoms with Crippen LogP contribution >= 0.6 is 11.3 Å². The molecule has 0 spiro atoms. The fourth-order valence-electron chi connectivity index (χ4n) is 6.55. The van der Waals surface area contributed by atoms with Gasteiger partial charge in [0.2, 0.25) is 0 Å². The quantitative estimate of drug-likeness (QED) is 0.111. The van der Waals surface area contributed by atoms with Crippen molar-refractivity contribution < 1.29 is 48.7 Å². The van der Waals surface area contributed by atoms with Crippen LogP contribution in [-0.2, 0) is 20.5 Å². The van der Waals surface area contributed by atoms with Gasteiger partial charge in [-0.2, -0.15) is 0 Å². The van der Waals surface area contributed by atoms with Crippen LogP contribution in [0, 0.1) is 0 Å². The van der Waals surface area contributed by atoms with Crippen molar-refractivity contribution in [3.63, 3.8) is 0 Å². The number of phenols is 2. The van der Waals surface area contributed by atoms with Crippen LogP contribution < -0.4 is 16.2 Å². The van der Waals surface area contributed by atoms with Gasteiger partial charge in [-0.3, -0.25) is 14.9 Å². The number of thiophene rings is 1. The van der Waals surface area contributed by atoms with Gasteiger partial charge < -0.3 is 34.3 Å². The van der Waals surface area contributed by atoms with E-state index in [1.54, 1.807) is 90.3 Å². The summed E-state index contributed by atoms with van der Waals surface area (Å²) in [5.41, 5.74) is -1.70. The molecule has 0 unspecified atom stereocenters. The third kappa shape index (κ3) is 6.19. The maximum Gasteiger partial charge on any atom is 0.491 e. The second-order valence-electron chi connectivity index (χ2n) is 12.1. The number of rotatable bonds is 9. The number of anilines is 1. The van der Waals surface area contributed by atoms with Crippen molar-refractivity contribution in [1.29, 1.82) is 0 Å². The molecule has 2 aliphatic carbocycles. The van der Waals surface area contributed by atoms with Crippen molar-refractivity contribution >= 4 is 59.2 Å². The molecule has 11 nitrogen and oxygen atoms in total. The minimum Gasteiger partial charge on any atom is -0.507 e. The summed E-state index contributed by atoms with van der Waals surface area (Å²) in [5, 5.41) is 51.2. The van der Waals surface area contributed by atoms with Crippen LogP contribution in [0.1, 0.15) is 55.5 Å². The number of aromatic hydroxyl groups is 2. The number of ketones is 2. The first kappa shape index (κ1) is 33.3. The summed E-state index contributed by atoms with van der Waals surface area (Å²) in [6, 6.07) is 26.4. The van der Waals surface area contributed by atoms with Crippen molar-refractivity contribution in [3.8, 4) is 11.5 Å². The van der Waals surface area contributed by atoms with Crippen LogP contribution in [0.25, 0.3) is 0 Å². The maximum absolute atomic E-state index is 13.8. The van der Waals surface area contributed by atoms with Gasteiger partial charge in [-0.25, -0.2) is 4.79 Å². The maximum atomic E-state index is 13.8. The fraction of sp³-hybridized carbons (Fsp3) is 0.139. The molecule has 5 aromatic rings. The SMILES string of the molecule is O=C(Nc1cccs1)OC[C@]1(OB(O)c2ccccc2)Cc2c(O)c3c(c(O)c2[C@@H](OB(O)c2ccccc2)C1)C(=O)c1ccccc1C3=O. The largest absolute Gasteiger partial charge is 0.507 e. The number of ether oxygens (including phenoxy) is 1. The summed E-state index contributed by atoms with van der Waals surface area (Å²) in [6.45, 7) is -0.498. The Morgan fingerprint density at radius 1 is 0.800 bits per heavy atom. The Morgan fingerprint density at radius 3 is 1.98 bits per heavy atom. The van der Waals surface area contributed by atoms with Crippen LogP contribution in [0.5, 0.6) is 11.5 Å². The van der Waals surface area contributed by atoms with Crippen molar-refractivity contribution in [1.82, 2.24) is 0 Å². The third-order valence-corrected chi connectivity index (χ3v) is 9.66. The molecular weight excluding hydrogens is 660 g/mol. The molecule has 5 N–H and O–H groups in total. The predicted octanol–water partition coefficient (Wildman–Crippen LogP) is 3.72. The molecule has 0 saturated carbocycles. The van der Waals surface area contributed by atoms with Crippen LogP contribution in [0.2, 0.25) is 0 Å². The summed E-state index contributed by atoms with van der Waals surface area (Å²) in [6.07, 6.45) is -2.70. The topological polar surface area (TPSA) is 172 Å². The number of hydrogen-bond acceptors (Lipinski definition) is 11. The van der Waals surface area contributed by atoms with Gasteiger partial charge in [0.15, 0.2) is 11.6 Å². The van der Waals surface area contributed by atoms with Gasteiger partial charge in [-0.05, 0) is 28.4 Å². The van der Waals surface area contributed by atoms with Gasteiger partial charge in [0.1, 0.15) is 18.1 Å². The molecular formula is C36H29B2NO10S. The minimum absolute atomic E-state index is 0.0409. The number of hydrogen-bond donors (Lipinski definition) is 5. The van der Waals surface area contributed by atoms with Crippen molar-refractivity contribution in [3.05, 3.63) is 136 Å². The van der Waals surface area contributed by atoms with Crippen molar-refractivity contribution in [2.75, 3.05) is 11.9 Å². The van der Waals surface area contributed by atoms with E-state index in [4.69, 9.17) is 14.0 Å². The van der Waals surface area contributed by atoms with Crippen LogP contribution in [-0.4, -0.2) is 64.4 Å². The average molecular weight is 689 g/mol. The first-order chi connectivity index (χ1) is 24.2. The Balaban J connectivity index is 1.35. The number of benzene rings is 4. The van der Waals surface area contributed by atoms with E-state index in [-0.39, 0.29) is 35.1 Å². The van der Waals surface area contributed by atoms with Gasteiger partial charge in [-0.15, -0.1) is 11.3 Å². The van der Waals surface area contributed by atoms with E-state index < -0.39 is 72.8 Å². The molecule has 2 atom stereocenters. The predicted molar refractivity (Wildman–Crippen MR) is 186 cm³/mol. The smallest absolute Gasteiger partial charge is 0.491 e. The number of carbonyl (C=O) groups excluding carboxylic acids is 3. The van der Waals surface area contributed by atoms with Gasteiger partial charge in [-0.1, -0.05) is 84.9 Å². The molecule has 0 bridgehead atoms. The van der Waals surface area contributed by atoms with E-state index >= 15 is 0 Å². The summed E-state index contributed by atoms with van der Waals surface area (Å²) in [4.78, 5) is 40.5. The molecule has 0 fully saturated rings. The molecule has 2 aliphatic rings. The van der Waals surface area contributed by atoms with E-state index in [1.807, 2.05) is 0 Å². The van der Waals surface area contributed by atoms with E-state index in [2.05, 4.69) is 5.32 Å². The Bertz CT molecular complexity index is 2080. The second-order valence-corrected chi connectivity index (χ2v) is 13.0. The summed E-state index contributed by atoms with van der Waals surface area (Å²) in [5.74, 6) is -2.55. The average Bonchev–Trinajstić information content (AvgIpc) is 3.65. The lowest BCUT2D eigenvalue weighted by Gasteiger charge is -2.43. The highest BCUT2D eigenvalue weighted by Gasteiger charge is 2.50. The molecule has 1 heterocycles. The van der Waals surface area contributed by atoms with E-state index in [0.29, 0.717) is 15.9 Å². The Labute approximate surface area is 291 Å². The third-order valence-electron chi connectivity index (χ3n) is 8.88. The monoisotopic (exact) mass is 689 g/mol. The van der Waals surface area contributed by atoms with Gasteiger partial charge >= 0.3 is 20.3 Å². The lowest BCUT2D eigenvalue weighted by molar-refractivity contribution is -0.0494. The standard InChI is InChI=1S/C36H29B2NO10S/c40-31-23-14-7-8-15-24(23)32(41)30-29(31)33(42)25-18-36(49-38(46)22-12-5-2-6-13-22,20-47-35(44)39-27-16-9-17-50-27)19-26(28(25)34(30)43)48-37(45)21-10-3-1-4-11-21/h1-17,26,42-43,45-46H,18-20H2,(H,39,44)/t26-,36-/m0/s1. The van der Waals surface area contributed by atoms with Gasteiger partial charge in [0.25, 0.3) is 0 Å². The van der Waals surface area contributed by atoms with E-state index in [1.165, 1.54) is 23.5 Å². The first-order valence-electron chi connectivity index (χ1n) is 15.7. The molecule has 0 saturated heterocycles. The van der Waals surface area contributed by atoms with Crippen molar-refractivity contribution in [2.45, 2.75) is 24.5 Å². The molecule has 4 aromatic carbocycles. The Morgan fingerprint density at radius 2 is 1.38 bits per heavy atom. The number of fused-ring (bicyclic) bond motifs is 3. The summed E-state index contributed by atoms with van der Waals surface area (Å²) >= 11 is 1.28. The normalized spacial score (nSPS) is 17.7. The van der Waals surface area contributed by atoms with Crippen LogP contribution in [0.15, 0.2) is 102 Å². The second kappa shape index (κ2) is 13.6. The van der Waals surface area contributed by atoms with Gasteiger partial charge in [0.05, 0.1) is 27.8 Å². The lowest BCUT2D eigenvalue weighted by atomic mass is 9.70. The number of nitrogens with one attached hydrogen (secondary N) is 1. The first-order valence-corrected chi connectivity index (χ1v) is 16.6. The zero-order valence-electron chi connectivity index (χ0n) is 26.3. The minimum atomic E-state index is -1.67. The fourth-order valence-corrected chi connectivity index (χ4v) is 7.15. The highest BCUT2D eigenvalue weighted by molar-refractivity contribution is 7.14. The highest BCUT2D eigenvalue weighted by Crippen LogP contribution is 2.52. The van der Waals surface area contributed by atoms with E-state index in [9.17, 15) is 34.6 Å². The van der Waals surface area contributed by atoms with Crippen LogP contribution in [0.4, 0.5) is 9.80 Å². The van der Waals surface area contributed by atoms with Crippen LogP contribution in [0.3, 0.4) is 0 Å². The lowest BCUT2D eigenvalue weighted by Crippen LogP contribution is -2.53. The molecule has 0 aliphatic heterocycles. The molecule has 0 radical (unpaired) electrons. The molecule has 7 rings (SSSR count). The molecule has 250 valence electrons. The zero-order valence-corrected chi connectivity index (χ0v) is 27.1. The number of carbonyl (C=O) groups is 3. The van der Waals surface area contributed by atoms with Crippen molar-refractivity contribution in [2.24, 2.45) is 0 Å². The molecule has 1 aromatic heterocycles. The van der Waals surface area contributed by atoms with Gasteiger partial charge in [0, 0.05) is 35.1 Å². The number of phenolic OH excluding ortho intramolecular Hbond substituents is 2. The zero-order chi connectivity index (χ0) is 35.0. The number of amides is 1. The Hall–Kier alpha value is -5.24. The molecule has 14 heteroatoms. The molecule has 1 amide bonds. The highest BCUT2D eigenvalue weighted by atomic mass is 32.1. The Kier molecular flexibility index (Phi) is 9.03. The van der Waals surface area contributed by atoms with E-state index in [0.717, 1.165) is 0 Å². The molecule has 50 heavy (non-hydrogen) atoms. The summed E-state index contributed by atoms with van der Waals surface area (Å²) in [7, 11) is -3.13. The summed E-state index contributed by atoms with van der Waals surface area (Å²) < 4.78 is 18.1.